The first-order valence-corrected chi connectivity index (χ1v) is 8.09. The molecule has 0 bridgehead atoms. The first-order chi connectivity index (χ1) is 12.0. The zero-order valence-corrected chi connectivity index (χ0v) is 13.8. The minimum absolute atomic E-state index is 0.0272. The number of aryl methyl sites for hydroxylation is 1. The number of hydrogen-bond acceptors (Lipinski definition) is 6. The van der Waals surface area contributed by atoms with Crippen molar-refractivity contribution in [2.24, 2.45) is 0 Å². The lowest BCUT2D eigenvalue weighted by Gasteiger charge is -2.21. The maximum absolute atomic E-state index is 12.3. The van der Waals surface area contributed by atoms with Crippen molar-refractivity contribution in [3.8, 4) is 0 Å². The zero-order valence-electron chi connectivity index (χ0n) is 13.8. The Morgan fingerprint density at radius 2 is 2.08 bits per heavy atom. The summed E-state index contributed by atoms with van der Waals surface area (Å²) in [6, 6.07) is 3.03. The Bertz CT molecular complexity index is 880. The molecule has 0 aromatic carbocycles. The smallest absolute Gasteiger partial charge is 0.349 e. The molecule has 1 amide bonds. The zero-order chi connectivity index (χ0) is 17.8. The maximum atomic E-state index is 12.3. The molecule has 0 spiro atoms. The Morgan fingerprint density at radius 3 is 2.76 bits per heavy atom. The molecule has 25 heavy (non-hydrogen) atoms. The third-order valence-corrected chi connectivity index (χ3v) is 4.18. The van der Waals surface area contributed by atoms with Gasteiger partial charge in [-0.1, -0.05) is 0 Å². The quantitative estimate of drug-likeness (QED) is 0.849. The third kappa shape index (κ3) is 4.03. The van der Waals surface area contributed by atoms with Crippen LogP contribution in [0.15, 0.2) is 32.5 Å². The number of aromatic nitrogens is 2. The van der Waals surface area contributed by atoms with E-state index >= 15 is 0 Å². The lowest BCUT2D eigenvalue weighted by atomic mass is 9.95. The van der Waals surface area contributed by atoms with E-state index in [-0.39, 0.29) is 23.6 Å². The van der Waals surface area contributed by atoms with Gasteiger partial charge in [0.15, 0.2) is 0 Å². The van der Waals surface area contributed by atoms with Gasteiger partial charge in [-0.05, 0) is 31.4 Å². The number of carbonyl (C=O) groups is 1. The molecule has 2 aromatic heterocycles. The highest BCUT2D eigenvalue weighted by atomic mass is 16.5. The van der Waals surface area contributed by atoms with Gasteiger partial charge in [0.1, 0.15) is 11.3 Å². The van der Waals surface area contributed by atoms with Crippen LogP contribution in [0, 0.1) is 6.92 Å². The van der Waals surface area contributed by atoms with Crippen molar-refractivity contribution in [1.82, 2.24) is 15.3 Å². The van der Waals surface area contributed by atoms with Crippen LogP contribution in [0.3, 0.4) is 0 Å². The van der Waals surface area contributed by atoms with Crippen molar-refractivity contribution >= 4 is 5.91 Å². The summed E-state index contributed by atoms with van der Waals surface area (Å²) >= 11 is 0. The topological polar surface area (TPSA) is 114 Å². The van der Waals surface area contributed by atoms with Crippen LogP contribution in [0.1, 0.15) is 46.1 Å². The Kier molecular flexibility index (Phi) is 5.08. The second-order valence-corrected chi connectivity index (χ2v) is 5.97. The number of carbonyl (C=O) groups excluding carboxylic acids is 1. The van der Waals surface area contributed by atoms with E-state index in [0.717, 1.165) is 12.8 Å². The normalized spacial score (nSPS) is 15.1. The highest BCUT2D eigenvalue weighted by Crippen LogP contribution is 2.27. The summed E-state index contributed by atoms with van der Waals surface area (Å²) < 4.78 is 10.7. The molecule has 1 fully saturated rings. The fourth-order valence-corrected chi connectivity index (χ4v) is 2.85. The number of ether oxygens (including phenoxy) is 1. The summed E-state index contributed by atoms with van der Waals surface area (Å²) in [5, 5.41) is 2.59. The molecule has 132 valence electrons. The lowest BCUT2D eigenvalue weighted by molar-refractivity contribution is 0.0795. The monoisotopic (exact) mass is 345 g/mol. The molecule has 2 N–H and O–H groups in total. The SMILES string of the molecule is Cc1cc(C2CCOCC2)oc(=O)c1C(=O)NCc1cc(=O)[nH]cn1. The van der Waals surface area contributed by atoms with E-state index in [1.165, 1.54) is 12.4 Å². The van der Waals surface area contributed by atoms with Crippen LogP contribution >= 0.6 is 0 Å². The molecular formula is C17H19N3O5. The Balaban J connectivity index is 1.76. The Hall–Kier alpha value is -2.74. The van der Waals surface area contributed by atoms with Gasteiger partial charge in [0.05, 0.1) is 18.6 Å². The number of rotatable bonds is 4. The number of nitrogens with one attached hydrogen (secondary N) is 2. The van der Waals surface area contributed by atoms with E-state index in [4.69, 9.17) is 9.15 Å². The highest BCUT2D eigenvalue weighted by Gasteiger charge is 2.22. The van der Waals surface area contributed by atoms with Crippen LogP contribution in [-0.2, 0) is 11.3 Å². The predicted molar refractivity (Wildman–Crippen MR) is 88.5 cm³/mol. The molecule has 0 radical (unpaired) electrons. The molecule has 0 atom stereocenters. The lowest BCUT2D eigenvalue weighted by Crippen LogP contribution is -2.30. The van der Waals surface area contributed by atoms with Gasteiger partial charge in [0.25, 0.3) is 11.5 Å². The van der Waals surface area contributed by atoms with Crippen LogP contribution in [0.25, 0.3) is 0 Å². The first kappa shape index (κ1) is 17.1. The van der Waals surface area contributed by atoms with Gasteiger partial charge in [-0.15, -0.1) is 0 Å². The summed E-state index contributed by atoms with van der Waals surface area (Å²) in [7, 11) is 0. The van der Waals surface area contributed by atoms with Gasteiger partial charge in [0.2, 0.25) is 0 Å². The van der Waals surface area contributed by atoms with Crippen molar-refractivity contribution in [2.75, 3.05) is 13.2 Å². The summed E-state index contributed by atoms with van der Waals surface area (Å²) in [5.74, 6) is 0.183. The van der Waals surface area contributed by atoms with Gasteiger partial charge in [-0.3, -0.25) is 9.59 Å². The van der Waals surface area contributed by atoms with Crippen LogP contribution in [0.5, 0.6) is 0 Å². The van der Waals surface area contributed by atoms with Gasteiger partial charge in [-0.25, -0.2) is 9.78 Å². The van der Waals surface area contributed by atoms with Crippen LogP contribution in [0.4, 0.5) is 0 Å². The molecule has 2 aromatic rings. The molecular weight excluding hydrogens is 326 g/mol. The summed E-state index contributed by atoms with van der Waals surface area (Å²) in [6.07, 6.45) is 2.84. The largest absolute Gasteiger partial charge is 0.427 e. The number of hydrogen-bond donors (Lipinski definition) is 2. The van der Waals surface area contributed by atoms with Gasteiger partial charge in [-0.2, -0.15) is 0 Å². The van der Waals surface area contributed by atoms with E-state index in [0.29, 0.717) is 30.2 Å². The van der Waals surface area contributed by atoms with E-state index in [9.17, 15) is 14.4 Å². The maximum Gasteiger partial charge on any atom is 0.349 e. The predicted octanol–water partition coefficient (Wildman–Crippen LogP) is 0.856. The molecule has 1 saturated heterocycles. The standard InChI is InChI=1S/C17H19N3O5/c1-10-6-13(11-2-4-24-5-3-11)25-17(23)15(10)16(22)18-8-12-7-14(21)20-9-19-12/h6-7,9,11H,2-5,8H2,1H3,(H,18,22)(H,19,20,21). The average molecular weight is 345 g/mol. The minimum Gasteiger partial charge on any atom is -0.427 e. The van der Waals surface area contributed by atoms with E-state index in [1.807, 2.05) is 0 Å². The summed E-state index contributed by atoms with van der Waals surface area (Å²) in [5.41, 5.74) is -0.0265. The molecule has 8 nitrogen and oxygen atoms in total. The van der Waals surface area contributed by atoms with E-state index < -0.39 is 11.5 Å². The molecule has 3 rings (SSSR count). The third-order valence-electron chi connectivity index (χ3n) is 4.18. The van der Waals surface area contributed by atoms with Crippen LogP contribution in [0.2, 0.25) is 0 Å². The van der Waals surface area contributed by atoms with Crippen molar-refractivity contribution in [1.29, 1.82) is 0 Å². The Morgan fingerprint density at radius 1 is 1.32 bits per heavy atom. The van der Waals surface area contributed by atoms with E-state index in [1.54, 1.807) is 13.0 Å². The molecule has 0 aliphatic carbocycles. The second-order valence-electron chi connectivity index (χ2n) is 5.97. The van der Waals surface area contributed by atoms with Gasteiger partial charge in [0, 0.05) is 25.2 Å². The molecule has 0 unspecified atom stereocenters. The van der Waals surface area contributed by atoms with Crippen molar-refractivity contribution < 1.29 is 13.9 Å². The molecule has 1 aliphatic rings. The fourth-order valence-electron chi connectivity index (χ4n) is 2.85. The van der Waals surface area contributed by atoms with Crippen molar-refractivity contribution in [3.63, 3.8) is 0 Å². The van der Waals surface area contributed by atoms with Crippen molar-refractivity contribution in [3.05, 3.63) is 61.8 Å². The molecule has 1 aliphatic heterocycles. The molecule has 8 heteroatoms. The number of H-pyrrole nitrogens is 1. The van der Waals surface area contributed by atoms with Crippen LogP contribution in [-0.4, -0.2) is 29.1 Å². The minimum atomic E-state index is -0.655. The average Bonchev–Trinajstić information content (AvgIpc) is 2.60. The fraction of sp³-hybridized carbons (Fsp3) is 0.412. The highest BCUT2D eigenvalue weighted by molar-refractivity contribution is 5.95. The molecule has 3 heterocycles. The van der Waals surface area contributed by atoms with E-state index in [2.05, 4.69) is 15.3 Å². The first-order valence-electron chi connectivity index (χ1n) is 8.09. The Labute approximate surface area is 143 Å². The van der Waals surface area contributed by atoms with Gasteiger partial charge < -0.3 is 19.5 Å². The van der Waals surface area contributed by atoms with Crippen molar-refractivity contribution in [2.45, 2.75) is 32.2 Å². The number of nitrogens with zero attached hydrogens (tertiary/aromatic N) is 1. The second kappa shape index (κ2) is 7.43. The summed E-state index contributed by atoms with van der Waals surface area (Å²) in [4.78, 5) is 42.2. The summed E-state index contributed by atoms with van der Waals surface area (Å²) in [6.45, 7) is 3.03. The van der Waals surface area contributed by atoms with Crippen LogP contribution < -0.4 is 16.5 Å². The number of amides is 1. The number of aromatic amines is 1. The molecule has 0 saturated carbocycles. The van der Waals surface area contributed by atoms with Gasteiger partial charge >= 0.3 is 5.63 Å².